The molecule has 0 rings (SSSR count). The number of carbonyl (C=O) groups excluding carboxylic acids is 3. The van der Waals surface area contributed by atoms with Gasteiger partial charge in [0.2, 0.25) is 0 Å². The number of hydrogen-bond donors (Lipinski definition) is 0. The molecule has 0 aliphatic rings. The van der Waals surface area contributed by atoms with Gasteiger partial charge in [-0.05, 0) is 116 Å². The molecule has 0 aromatic rings. The fourth-order valence-corrected chi connectivity index (χ4v) is 9.42. The van der Waals surface area contributed by atoms with Crippen molar-refractivity contribution >= 4 is 17.9 Å². The Kier molecular flexibility index (Phi) is 64.8. The zero-order valence-corrected chi connectivity index (χ0v) is 53.0. The Balaban J connectivity index is 4.20. The quantitative estimate of drug-likeness (QED) is 0.0261. The lowest BCUT2D eigenvalue weighted by atomic mass is 10.0. The van der Waals surface area contributed by atoms with E-state index < -0.39 is 6.10 Å². The Hall–Kier alpha value is -4.19. The van der Waals surface area contributed by atoms with E-state index in [-0.39, 0.29) is 37.5 Å². The molecule has 0 bridgehead atoms. The van der Waals surface area contributed by atoms with Crippen LogP contribution in [0.4, 0.5) is 0 Å². The van der Waals surface area contributed by atoms with E-state index in [1.807, 2.05) is 6.08 Å². The van der Waals surface area contributed by atoms with Crippen LogP contribution >= 0.6 is 0 Å². The minimum absolute atomic E-state index is 0.102. The van der Waals surface area contributed by atoms with Crippen molar-refractivity contribution in [3.63, 3.8) is 0 Å². The second kappa shape index (κ2) is 68.3. The van der Waals surface area contributed by atoms with Crippen LogP contribution < -0.4 is 0 Å². The summed E-state index contributed by atoms with van der Waals surface area (Å²) >= 11 is 0. The smallest absolute Gasteiger partial charge is 0.306 e. The molecule has 0 aliphatic heterocycles. The summed E-state index contributed by atoms with van der Waals surface area (Å²) in [4.78, 5) is 38.3. The molecule has 0 aromatic heterocycles. The van der Waals surface area contributed by atoms with E-state index in [9.17, 15) is 14.4 Å². The molecule has 0 heterocycles. The van der Waals surface area contributed by atoms with E-state index in [2.05, 4.69) is 136 Å². The van der Waals surface area contributed by atoms with Crippen LogP contribution in [0.15, 0.2) is 122 Å². The largest absolute Gasteiger partial charge is 0.462 e. The SMILES string of the molecule is CC/C=C\C/C=C\C/C=C\C/C=C\CCCCCCCCCCCCCCCCCCCCCCC(=O)OCC(COC(=O)CC/C=C\C/C=C\C/C=C\C/C=C\CC)OC(=O)CCCCCCCCC/C=C\C/C=C\CCCCC. The summed E-state index contributed by atoms with van der Waals surface area (Å²) < 4.78 is 16.9. The molecule has 0 aliphatic carbocycles. The molecule has 81 heavy (non-hydrogen) atoms. The van der Waals surface area contributed by atoms with Crippen molar-refractivity contribution in [2.75, 3.05) is 13.2 Å². The van der Waals surface area contributed by atoms with Gasteiger partial charge in [0.25, 0.3) is 0 Å². The first-order chi connectivity index (χ1) is 40.0. The van der Waals surface area contributed by atoms with E-state index in [1.54, 1.807) is 0 Å². The van der Waals surface area contributed by atoms with Crippen LogP contribution in [0.5, 0.6) is 0 Å². The molecular weight excluding hydrogens is 997 g/mol. The van der Waals surface area contributed by atoms with Gasteiger partial charge >= 0.3 is 17.9 Å². The van der Waals surface area contributed by atoms with Crippen LogP contribution in [-0.4, -0.2) is 37.2 Å². The maximum atomic E-state index is 12.9. The van der Waals surface area contributed by atoms with Gasteiger partial charge in [-0.1, -0.05) is 303 Å². The molecule has 1 unspecified atom stereocenters. The molecular formula is C75H126O6. The standard InChI is InChI=1S/C75H126O6/c1-4-7-10-13-16-19-22-25-27-29-30-31-32-33-34-35-36-37-38-39-40-41-42-43-44-46-47-50-53-56-59-62-65-68-74(77)80-71-72(70-79-73(76)67-64-61-58-55-52-49-24-21-18-15-12-9-6-3)81-75(78)69-66-63-60-57-54-51-48-45-28-26-23-20-17-14-11-8-5-2/h7,9-10,12,16-21,25-28,30-31,49,52,58,61,72H,4-6,8,11,13-15,22-24,29,32-48,50-51,53-57,59-60,62-71H2,1-3H3/b10-7-,12-9-,19-16-,20-17-,21-18-,27-25-,28-26-,31-30-,52-49-,61-58-. The fraction of sp³-hybridized carbons (Fsp3) is 0.693. The first kappa shape index (κ1) is 76.8. The Bertz CT molecular complexity index is 1670. The van der Waals surface area contributed by atoms with Crippen LogP contribution in [0.1, 0.15) is 316 Å². The van der Waals surface area contributed by atoms with Crippen molar-refractivity contribution in [1.82, 2.24) is 0 Å². The highest BCUT2D eigenvalue weighted by atomic mass is 16.6. The zero-order valence-electron chi connectivity index (χ0n) is 53.0. The maximum absolute atomic E-state index is 12.9. The topological polar surface area (TPSA) is 78.9 Å². The number of unbranched alkanes of at least 4 members (excludes halogenated alkanes) is 30. The predicted octanol–water partition coefficient (Wildman–Crippen LogP) is 23.6. The van der Waals surface area contributed by atoms with Gasteiger partial charge in [-0.3, -0.25) is 14.4 Å². The molecule has 462 valence electrons. The lowest BCUT2D eigenvalue weighted by Crippen LogP contribution is -2.30. The number of esters is 3. The van der Waals surface area contributed by atoms with Crippen molar-refractivity contribution < 1.29 is 28.6 Å². The summed E-state index contributed by atoms with van der Waals surface area (Å²) in [6.45, 7) is 6.34. The summed E-state index contributed by atoms with van der Waals surface area (Å²) in [6.07, 6.45) is 95.4. The van der Waals surface area contributed by atoms with Crippen LogP contribution in [0.2, 0.25) is 0 Å². The van der Waals surface area contributed by atoms with Crippen LogP contribution in [0.25, 0.3) is 0 Å². The lowest BCUT2D eigenvalue weighted by Gasteiger charge is -2.18. The summed E-state index contributed by atoms with van der Waals surface area (Å²) in [5, 5.41) is 0. The molecule has 1 atom stereocenters. The molecule has 0 spiro atoms. The predicted molar refractivity (Wildman–Crippen MR) is 353 cm³/mol. The highest BCUT2D eigenvalue weighted by Gasteiger charge is 2.19. The van der Waals surface area contributed by atoms with Gasteiger partial charge in [-0.25, -0.2) is 0 Å². The minimum atomic E-state index is -0.813. The Labute approximate surface area is 501 Å². The first-order valence-electron chi connectivity index (χ1n) is 34.0. The van der Waals surface area contributed by atoms with Gasteiger partial charge in [0.1, 0.15) is 13.2 Å². The Morgan fingerprint density at radius 2 is 0.506 bits per heavy atom. The zero-order chi connectivity index (χ0) is 58.5. The van der Waals surface area contributed by atoms with E-state index in [4.69, 9.17) is 14.2 Å². The second-order valence-corrected chi connectivity index (χ2v) is 22.3. The van der Waals surface area contributed by atoms with Gasteiger partial charge in [0, 0.05) is 19.3 Å². The fourth-order valence-electron chi connectivity index (χ4n) is 9.42. The van der Waals surface area contributed by atoms with Crippen molar-refractivity contribution in [3.8, 4) is 0 Å². The molecule has 0 saturated carbocycles. The number of ether oxygens (including phenoxy) is 3. The molecule has 6 heteroatoms. The molecule has 6 nitrogen and oxygen atoms in total. The van der Waals surface area contributed by atoms with Gasteiger partial charge in [0.05, 0.1) is 0 Å². The Morgan fingerprint density at radius 1 is 0.259 bits per heavy atom. The normalized spacial score (nSPS) is 12.9. The molecule has 0 aromatic carbocycles. The molecule has 0 N–H and O–H groups in total. The van der Waals surface area contributed by atoms with Crippen molar-refractivity contribution in [2.45, 2.75) is 322 Å². The molecule has 0 radical (unpaired) electrons. The average Bonchev–Trinajstić information content (AvgIpc) is 3.46. The lowest BCUT2D eigenvalue weighted by molar-refractivity contribution is -0.166. The molecule has 0 fully saturated rings. The number of rotatable bonds is 61. The van der Waals surface area contributed by atoms with E-state index in [0.29, 0.717) is 19.3 Å². The summed E-state index contributed by atoms with van der Waals surface area (Å²) in [7, 11) is 0. The maximum Gasteiger partial charge on any atom is 0.306 e. The third-order valence-corrected chi connectivity index (χ3v) is 14.4. The molecule has 0 saturated heterocycles. The van der Waals surface area contributed by atoms with E-state index in [1.165, 1.54) is 167 Å². The van der Waals surface area contributed by atoms with Crippen molar-refractivity contribution in [3.05, 3.63) is 122 Å². The second-order valence-electron chi connectivity index (χ2n) is 22.3. The Morgan fingerprint density at radius 3 is 0.827 bits per heavy atom. The van der Waals surface area contributed by atoms with Crippen molar-refractivity contribution in [2.24, 2.45) is 0 Å². The monoisotopic (exact) mass is 1120 g/mol. The first-order valence-corrected chi connectivity index (χ1v) is 34.0. The van der Waals surface area contributed by atoms with E-state index >= 15 is 0 Å². The minimum Gasteiger partial charge on any atom is -0.462 e. The molecule has 0 amide bonds. The third kappa shape index (κ3) is 66.5. The van der Waals surface area contributed by atoms with Crippen LogP contribution in [0.3, 0.4) is 0 Å². The highest BCUT2D eigenvalue weighted by Crippen LogP contribution is 2.17. The van der Waals surface area contributed by atoms with E-state index in [0.717, 1.165) is 103 Å². The van der Waals surface area contributed by atoms with Gasteiger partial charge < -0.3 is 14.2 Å². The van der Waals surface area contributed by atoms with Gasteiger partial charge in [0.15, 0.2) is 6.10 Å². The third-order valence-electron chi connectivity index (χ3n) is 14.4. The van der Waals surface area contributed by atoms with Crippen LogP contribution in [-0.2, 0) is 28.6 Å². The number of hydrogen-bond acceptors (Lipinski definition) is 6. The van der Waals surface area contributed by atoms with Gasteiger partial charge in [-0.15, -0.1) is 0 Å². The highest BCUT2D eigenvalue weighted by molar-refractivity contribution is 5.71. The summed E-state index contributed by atoms with van der Waals surface area (Å²) in [6, 6.07) is 0. The van der Waals surface area contributed by atoms with Crippen LogP contribution in [0, 0.1) is 0 Å². The average molecular weight is 1120 g/mol. The summed E-state index contributed by atoms with van der Waals surface area (Å²) in [5.41, 5.74) is 0. The van der Waals surface area contributed by atoms with Crippen molar-refractivity contribution in [1.29, 1.82) is 0 Å². The van der Waals surface area contributed by atoms with Gasteiger partial charge in [-0.2, -0.15) is 0 Å². The number of carbonyl (C=O) groups is 3. The number of allylic oxidation sites excluding steroid dienone is 20. The summed E-state index contributed by atoms with van der Waals surface area (Å²) in [5.74, 6) is -0.986.